The zero-order chi connectivity index (χ0) is 12.8. The predicted octanol–water partition coefficient (Wildman–Crippen LogP) is 0.00230. The lowest BCUT2D eigenvalue weighted by molar-refractivity contribution is 0.440. The minimum absolute atomic E-state index is 0.0952. The number of nitrogens with zero attached hydrogens (tertiary/aromatic N) is 4. The number of nitrogens with one attached hydrogen (secondary N) is 3. The molecule has 100 valence electrons. The van der Waals surface area contributed by atoms with Crippen LogP contribution < -0.4 is 16.6 Å². The Morgan fingerprint density at radius 1 is 1.44 bits per heavy atom. The Morgan fingerprint density at radius 2 is 2.22 bits per heavy atom. The largest absolute Gasteiger partial charge is 0.345 e. The molecule has 5 N–H and O–H groups in total. The second-order valence-electron chi connectivity index (χ2n) is 4.55. The summed E-state index contributed by atoms with van der Waals surface area (Å²) >= 11 is 0. The van der Waals surface area contributed by atoms with Crippen molar-refractivity contribution in [2.45, 2.75) is 51.1 Å². The number of tetrazole rings is 1. The van der Waals surface area contributed by atoms with Crippen LogP contribution in [0.5, 0.6) is 0 Å². The first kappa shape index (κ1) is 12.7. The number of aliphatic imine (C=N–C) groups is 1. The minimum atomic E-state index is -0.0952. The molecule has 1 aromatic heterocycles. The Bertz CT molecular complexity index is 367. The van der Waals surface area contributed by atoms with E-state index < -0.39 is 0 Å². The summed E-state index contributed by atoms with van der Waals surface area (Å²) in [6, 6.07) is 0.261. The number of hydrogen-bond donors (Lipinski definition) is 4. The van der Waals surface area contributed by atoms with Gasteiger partial charge in [0, 0.05) is 0 Å². The lowest BCUT2D eigenvalue weighted by Gasteiger charge is -2.20. The Kier molecular flexibility index (Phi) is 4.46. The van der Waals surface area contributed by atoms with Crippen molar-refractivity contribution in [1.29, 1.82) is 0 Å². The van der Waals surface area contributed by atoms with Crippen molar-refractivity contribution in [3.05, 3.63) is 5.82 Å². The summed E-state index contributed by atoms with van der Waals surface area (Å²) in [5.41, 5.74) is 2.59. The van der Waals surface area contributed by atoms with Gasteiger partial charge in [0.05, 0.1) is 12.1 Å². The van der Waals surface area contributed by atoms with E-state index in [1.54, 1.807) is 0 Å². The molecule has 0 amide bonds. The van der Waals surface area contributed by atoms with E-state index in [9.17, 15) is 0 Å². The maximum absolute atomic E-state index is 5.48. The molecule has 1 atom stereocenters. The first-order valence-corrected chi connectivity index (χ1v) is 6.34. The van der Waals surface area contributed by atoms with E-state index in [0.717, 1.165) is 12.8 Å². The maximum atomic E-state index is 5.48. The van der Waals surface area contributed by atoms with Crippen molar-refractivity contribution in [1.82, 2.24) is 31.4 Å². The molecule has 1 aromatic rings. The van der Waals surface area contributed by atoms with Gasteiger partial charge in [0.2, 0.25) is 5.96 Å². The fraction of sp³-hybridized carbons (Fsp3) is 0.800. The average molecular weight is 252 g/mol. The highest BCUT2D eigenvalue weighted by Gasteiger charge is 2.15. The first-order valence-electron chi connectivity index (χ1n) is 6.34. The number of aromatic nitrogens is 4. The Morgan fingerprint density at radius 3 is 2.83 bits per heavy atom. The van der Waals surface area contributed by atoms with E-state index in [0.29, 0.717) is 17.8 Å². The number of hydrazine groups is 1. The molecule has 0 spiro atoms. The van der Waals surface area contributed by atoms with E-state index in [-0.39, 0.29) is 6.04 Å². The summed E-state index contributed by atoms with van der Waals surface area (Å²) < 4.78 is 0. The summed E-state index contributed by atoms with van der Waals surface area (Å²) in [4.78, 5) is 4.59. The molecular weight excluding hydrogens is 232 g/mol. The summed E-state index contributed by atoms with van der Waals surface area (Å²) in [6.45, 7) is 1.93. The number of guanidine groups is 1. The molecule has 18 heavy (non-hydrogen) atoms. The molecule has 0 aromatic carbocycles. The van der Waals surface area contributed by atoms with E-state index in [4.69, 9.17) is 5.84 Å². The normalized spacial score (nSPS) is 19.6. The van der Waals surface area contributed by atoms with E-state index in [2.05, 4.69) is 36.4 Å². The Balaban J connectivity index is 1.93. The van der Waals surface area contributed by atoms with Crippen LogP contribution >= 0.6 is 0 Å². The third-order valence-corrected chi connectivity index (χ3v) is 3.13. The quantitative estimate of drug-likeness (QED) is 0.260. The van der Waals surface area contributed by atoms with Crippen LogP contribution in [0.2, 0.25) is 0 Å². The van der Waals surface area contributed by atoms with Gasteiger partial charge < -0.3 is 5.32 Å². The first-order chi connectivity index (χ1) is 8.79. The highest BCUT2D eigenvalue weighted by atomic mass is 15.5. The molecule has 1 aliphatic carbocycles. The summed E-state index contributed by atoms with van der Waals surface area (Å²) in [6.07, 6.45) is 6.05. The van der Waals surface area contributed by atoms with E-state index >= 15 is 0 Å². The van der Waals surface area contributed by atoms with Crippen LogP contribution in [0.15, 0.2) is 4.99 Å². The molecule has 1 fully saturated rings. The van der Waals surface area contributed by atoms with Crippen molar-refractivity contribution in [2.24, 2.45) is 10.8 Å². The summed E-state index contributed by atoms with van der Waals surface area (Å²) in [5.74, 6) is 6.65. The zero-order valence-corrected chi connectivity index (χ0v) is 10.6. The molecule has 1 heterocycles. The summed E-state index contributed by atoms with van der Waals surface area (Å²) in [5, 5.41) is 16.9. The lowest BCUT2D eigenvalue weighted by atomic mass is 9.96. The van der Waals surface area contributed by atoms with Crippen LogP contribution in [0.4, 0.5) is 0 Å². The van der Waals surface area contributed by atoms with Gasteiger partial charge in [-0.15, -0.1) is 10.2 Å². The SMILES string of the molecule is CC(NC(=NC1CCCCC1)NN)c1nn[nH]n1. The van der Waals surface area contributed by atoms with Crippen LogP contribution in [0.1, 0.15) is 50.9 Å². The molecule has 0 radical (unpaired) electrons. The van der Waals surface area contributed by atoms with Gasteiger partial charge in [-0.1, -0.05) is 24.5 Å². The molecule has 1 unspecified atom stereocenters. The lowest BCUT2D eigenvalue weighted by Crippen LogP contribution is -2.43. The highest BCUT2D eigenvalue weighted by Crippen LogP contribution is 2.20. The zero-order valence-electron chi connectivity index (χ0n) is 10.6. The summed E-state index contributed by atoms with van der Waals surface area (Å²) in [7, 11) is 0. The van der Waals surface area contributed by atoms with Crippen molar-refractivity contribution in [3.8, 4) is 0 Å². The maximum Gasteiger partial charge on any atom is 0.206 e. The smallest absolute Gasteiger partial charge is 0.206 e. The fourth-order valence-corrected chi connectivity index (χ4v) is 2.13. The van der Waals surface area contributed by atoms with Gasteiger partial charge in [-0.05, 0) is 19.8 Å². The topological polar surface area (TPSA) is 117 Å². The molecule has 8 nitrogen and oxygen atoms in total. The average Bonchev–Trinajstić information content (AvgIpc) is 2.93. The predicted molar refractivity (Wildman–Crippen MR) is 67.4 cm³/mol. The van der Waals surface area contributed by atoms with Crippen molar-refractivity contribution in [3.63, 3.8) is 0 Å². The molecule has 0 saturated heterocycles. The van der Waals surface area contributed by atoms with Crippen LogP contribution in [-0.2, 0) is 0 Å². The standard InChI is InChI=1S/C10H20N8/c1-7(9-15-17-18-16-9)12-10(14-11)13-8-5-3-2-4-6-8/h7-8H,2-6,11H2,1H3,(H2,12,13,14)(H,15,16,17,18). The van der Waals surface area contributed by atoms with Crippen LogP contribution in [-0.4, -0.2) is 32.6 Å². The highest BCUT2D eigenvalue weighted by molar-refractivity contribution is 5.79. The molecule has 0 aliphatic heterocycles. The monoisotopic (exact) mass is 252 g/mol. The second kappa shape index (κ2) is 6.29. The van der Waals surface area contributed by atoms with Crippen LogP contribution in [0.3, 0.4) is 0 Å². The molecule has 0 bridgehead atoms. The number of hydrogen-bond acceptors (Lipinski definition) is 5. The van der Waals surface area contributed by atoms with E-state index in [1.807, 2.05) is 6.92 Å². The molecule has 1 aliphatic rings. The van der Waals surface area contributed by atoms with Crippen molar-refractivity contribution < 1.29 is 0 Å². The van der Waals surface area contributed by atoms with Gasteiger partial charge in [0.1, 0.15) is 0 Å². The Hall–Kier alpha value is -1.70. The minimum Gasteiger partial charge on any atom is -0.345 e. The number of H-pyrrole nitrogens is 1. The second-order valence-corrected chi connectivity index (χ2v) is 4.55. The van der Waals surface area contributed by atoms with Crippen LogP contribution in [0, 0.1) is 0 Å². The van der Waals surface area contributed by atoms with Gasteiger partial charge in [0.25, 0.3) is 0 Å². The van der Waals surface area contributed by atoms with Gasteiger partial charge in [-0.3, -0.25) is 5.43 Å². The molecular formula is C10H20N8. The van der Waals surface area contributed by atoms with Gasteiger partial charge in [-0.25, -0.2) is 10.8 Å². The third kappa shape index (κ3) is 3.39. The molecule has 1 saturated carbocycles. The number of rotatable bonds is 3. The third-order valence-electron chi connectivity index (χ3n) is 3.13. The number of aromatic amines is 1. The van der Waals surface area contributed by atoms with E-state index in [1.165, 1.54) is 19.3 Å². The van der Waals surface area contributed by atoms with Gasteiger partial charge in [-0.2, -0.15) is 5.21 Å². The van der Waals surface area contributed by atoms with Gasteiger partial charge >= 0.3 is 0 Å². The van der Waals surface area contributed by atoms with Crippen LogP contribution in [0.25, 0.3) is 0 Å². The number of nitrogens with two attached hydrogens (primary N) is 1. The molecule has 2 rings (SSSR count). The molecule has 8 heteroatoms. The fourth-order valence-electron chi connectivity index (χ4n) is 2.13. The van der Waals surface area contributed by atoms with Gasteiger partial charge in [0.15, 0.2) is 5.82 Å². The van der Waals surface area contributed by atoms with Crippen molar-refractivity contribution in [2.75, 3.05) is 0 Å². The van der Waals surface area contributed by atoms with Crippen molar-refractivity contribution >= 4 is 5.96 Å². The Labute approximate surface area is 106 Å².